The van der Waals surface area contributed by atoms with Crippen molar-refractivity contribution in [2.45, 2.75) is 20.8 Å². The van der Waals surface area contributed by atoms with E-state index >= 15 is 0 Å². The maximum atomic E-state index is 13.6. The van der Waals surface area contributed by atoms with Gasteiger partial charge in [0, 0.05) is 29.9 Å². The number of H-pyrrole nitrogens is 1. The zero-order chi connectivity index (χ0) is 23.4. The molecule has 0 saturated carbocycles. The van der Waals surface area contributed by atoms with Gasteiger partial charge >= 0.3 is 5.97 Å². The molecule has 1 aliphatic heterocycles. The Morgan fingerprint density at radius 1 is 1.03 bits per heavy atom. The molecule has 2 heterocycles. The van der Waals surface area contributed by atoms with E-state index in [-0.39, 0.29) is 11.9 Å². The second-order valence-electron chi connectivity index (χ2n) is 7.94. The predicted octanol–water partition coefficient (Wildman–Crippen LogP) is 4.37. The van der Waals surface area contributed by atoms with Crippen molar-refractivity contribution in [1.29, 1.82) is 0 Å². The molecule has 3 aromatic rings. The van der Waals surface area contributed by atoms with Gasteiger partial charge in [0.05, 0.1) is 25.5 Å². The molecule has 1 saturated heterocycles. The topological polar surface area (TPSA) is 74.9 Å². The highest BCUT2D eigenvalue weighted by atomic mass is 16.5. The molecular formula is C26H29N3O4. The molecule has 0 aliphatic carbocycles. The number of anilines is 1. The number of amides is 1. The molecule has 1 N–H and O–H groups in total. The smallest absolute Gasteiger partial charge is 0.355 e. The summed E-state index contributed by atoms with van der Waals surface area (Å²) in [5.41, 5.74) is 5.48. The van der Waals surface area contributed by atoms with Crippen molar-refractivity contribution >= 4 is 17.6 Å². The number of morpholine rings is 1. The summed E-state index contributed by atoms with van der Waals surface area (Å²) in [6, 6.07) is 17.2. The van der Waals surface area contributed by atoms with Crippen molar-refractivity contribution in [2.75, 3.05) is 37.9 Å². The molecule has 4 rings (SSSR count). The lowest BCUT2D eigenvalue weighted by Crippen LogP contribution is -2.52. The number of para-hydroxylation sites is 1. The first-order valence-corrected chi connectivity index (χ1v) is 11.2. The van der Waals surface area contributed by atoms with Gasteiger partial charge in [-0.1, -0.05) is 30.3 Å². The van der Waals surface area contributed by atoms with Gasteiger partial charge in [0.1, 0.15) is 5.69 Å². The highest BCUT2D eigenvalue weighted by Gasteiger charge is 2.26. The van der Waals surface area contributed by atoms with Crippen LogP contribution in [0.3, 0.4) is 0 Å². The van der Waals surface area contributed by atoms with E-state index in [2.05, 4.69) is 4.98 Å². The van der Waals surface area contributed by atoms with Gasteiger partial charge < -0.3 is 14.5 Å². The molecule has 0 spiro atoms. The summed E-state index contributed by atoms with van der Waals surface area (Å²) in [5, 5.41) is 3.77. The zero-order valence-electron chi connectivity index (χ0n) is 19.3. The van der Waals surface area contributed by atoms with Gasteiger partial charge in [0.25, 0.3) is 5.91 Å². The average molecular weight is 448 g/mol. The van der Waals surface area contributed by atoms with E-state index in [4.69, 9.17) is 9.47 Å². The minimum absolute atomic E-state index is 0.0932. The van der Waals surface area contributed by atoms with E-state index in [1.54, 1.807) is 11.9 Å². The van der Waals surface area contributed by atoms with Gasteiger partial charge in [0.2, 0.25) is 0 Å². The van der Waals surface area contributed by atoms with Crippen LogP contribution < -0.4 is 5.01 Å². The fourth-order valence-electron chi connectivity index (χ4n) is 4.22. The van der Waals surface area contributed by atoms with Gasteiger partial charge in [-0.2, -0.15) is 0 Å². The summed E-state index contributed by atoms with van der Waals surface area (Å²) >= 11 is 0. The summed E-state index contributed by atoms with van der Waals surface area (Å²) in [6.45, 7) is 8.42. The Balaban J connectivity index is 1.63. The summed E-state index contributed by atoms with van der Waals surface area (Å²) in [7, 11) is 0. The molecule has 0 atom stereocenters. The van der Waals surface area contributed by atoms with E-state index in [9.17, 15) is 9.59 Å². The first-order valence-electron chi connectivity index (χ1n) is 11.2. The first kappa shape index (κ1) is 22.8. The molecule has 172 valence electrons. The van der Waals surface area contributed by atoms with Crippen LogP contribution in [0.25, 0.3) is 11.1 Å². The number of carbonyl (C=O) groups is 2. The summed E-state index contributed by atoms with van der Waals surface area (Å²) < 4.78 is 10.6. The molecule has 0 radical (unpaired) electrons. The van der Waals surface area contributed by atoms with Crippen molar-refractivity contribution in [2.24, 2.45) is 0 Å². The number of esters is 1. The molecule has 2 aromatic carbocycles. The Morgan fingerprint density at radius 3 is 2.33 bits per heavy atom. The van der Waals surface area contributed by atoms with Crippen molar-refractivity contribution in [1.82, 2.24) is 9.99 Å². The van der Waals surface area contributed by atoms with Crippen LogP contribution in [0, 0.1) is 13.8 Å². The highest BCUT2D eigenvalue weighted by Crippen LogP contribution is 2.31. The largest absolute Gasteiger partial charge is 0.461 e. The number of aryl methyl sites for hydroxylation is 1. The molecular weight excluding hydrogens is 418 g/mol. The van der Waals surface area contributed by atoms with E-state index in [0.29, 0.717) is 44.2 Å². The number of hydrogen-bond donors (Lipinski definition) is 1. The van der Waals surface area contributed by atoms with Gasteiger partial charge in [0.15, 0.2) is 0 Å². The molecule has 7 heteroatoms. The maximum absolute atomic E-state index is 13.6. The number of nitrogens with zero attached hydrogens (tertiary/aromatic N) is 2. The van der Waals surface area contributed by atoms with Crippen LogP contribution in [-0.2, 0) is 9.47 Å². The number of aromatic nitrogens is 1. The highest BCUT2D eigenvalue weighted by molar-refractivity contribution is 6.05. The molecule has 1 amide bonds. The summed E-state index contributed by atoms with van der Waals surface area (Å²) in [4.78, 5) is 29.0. The molecule has 7 nitrogen and oxygen atoms in total. The lowest BCUT2D eigenvalue weighted by atomic mass is 9.99. The van der Waals surface area contributed by atoms with E-state index < -0.39 is 0 Å². The summed E-state index contributed by atoms with van der Waals surface area (Å²) in [5.74, 6) is -0.454. The minimum atomic E-state index is -0.361. The minimum Gasteiger partial charge on any atom is -0.461 e. The lowest BCUT2D eigenvalue weighted by molar-refractivity contribution is 0.0300. The van der Waals surface area contributed by atoms with E-state index in [1.807, 2.05) is 73.5 Å². The Kier molecular flexibility index (Phi) is 6.91. The number of aromatic amines is 1. The third-order valence-corrected chi connectivity index (χ3v) is 5.80. The van der Waals surface area contributed by atoms with Gasteiger partial charge in [-0.25, -0.2) is 14.8 Å². The standard InChI is InChI=1S/C26H29N3O4/c1-4-33-26(31)24-18(2)23(19(3)27-24)20-10-12-21(13-11-20)25(30)29(22-8-6-5-7-9-22)28-14-16-32-17-15-28/h5-13,27H,4,14-17H2,1-3H3. The molecule has 1 aliphatic rings. The van der Waals surface area contributed by atoms with Crippen LogP contribution in [0.4, 0.5) is 5.69 Å². The molecule has 0 bridgehead atoms. The Morgan fingerprint density at radius 2 is 1.70 bits per heavy atom. The fourth-order valence-corrected chi connectivity index (χ4v) is 4.22. The zero-order valence-corrected chi connectivity index (χ0v) is 19.3. The number of rotatable bonds is 6. The molecule has 1 aromatic heterocycles. The number of benzene rings is 2. The van der Waals surface area contributed by atoms with Crippen LogP contribution in [0.1, 0.15) is 39.0 Å². The van der Waals surface area contributed by atoms with E-state index in [1.165, 1.54) is 0 Å². The van der Waals surface area contributed by atoms with Crippen molar-refractivity contribution in [3.8, 4) is 11.1 Å². The number of hydrazine groups is 1. The molecule has 33 heavy (non-hydrogen) atoms. The fraction of sp³-hybridized carbons (Fsp3) is 0.308. The first-order chi connectivity index (χ1) is 16.0. The Bertz CT molecular complexity index is 1120. The molecule has 1 fully saturated rings. The van der Waals surface area contributed by atoms with Crippen LogP contribution in [-0.4, -0.2) is 54.8 Å². The van der Waals surface area contributed by atoms with Gasteiger partial charge in [-0.3, -0.25) is 4.79 Å². The second kappa shape index (κ2) is 10.0. The third kappa shape index (κ3) is 4.69. The van der Waals surface area contributed by atoms with Crippen molar-refractivity contribution in [3.63, 3.8) is 0 Å². The monoisotopic (exact) mass is 447 g/mol. The quantitative estimate of drug-likeness (QED) is 0.568. The number of hydrogen-bond acceptors (Lipinski definition) is 5. The Hall–Kier alpha value is -3.42. The maximum Gasteiger partial charge on any atom is 0.355 e. The average Bonchev–Trinajstić information content (AvgIpc) is 3.14. The SMILES string of the molecule is CCOC(=O)c1[nH]c(C)c(-c2ccc(C(=O)N(c3ccccc3)N3CCOCC3)cc2)c1C. The summed E-state index contributed by atoms with van der Waals surface area (Å²) in [6.07, 6.45) is 0. The van der Waals surface area contributed by atoms with Crippen molar-refractivity contribution < 1.29 is 19.1 Å². The van der Waals surface area contributed by atoms with Gasteiger partial charge in [-0.05, 0) is 56.2 Å². The number of ether oxygens (including phenoxy) is 2. The van der Waals surface area contributed by atoms with Gasteiger partial charge in [-0.15, -0.1) is 0 Å². The second-order valence-corrected chi connectivity index (χ2v) is 7.94. The normalized spacial score (nSPS) is 14.2. The third-order valence-electron chi connectivity index (χ3n) is 5.80. The molecule has 0 unspecified atom stereocenters. The number of carbonyl (C=O) groups excluding carboxylic acids is 2. The van der Waals surface area contributed by atoms with Crippen LogP contribution in [0.2, 0.25) is 0 Å². The van der Waals surface area contributed by atoms with Crippen molar-refractivity contribution in [3.05, 3.63) is 77.1 Å². The van der Waals surface area contributed by atoms with Crippen LogP contribution >= 0.6 is 0 Å². The number of nitrogens with one attached hydrogen (secondary N) is 1. The predicted molar refractivity (Wildman–Crippen MR) is 127 cm³/mol. The van der Waals surface area contributed by atoms with Crippen LogP contribution in [0.15, 0.2) is 54.6 Å². The lowest BCUT2D eigenvalue weighted by Gasteiger charge is -2.37. The van der Waals surface area contributed by atoms with Crippen LogP contribution in [0.5, 0.6) is 0 Å². The van der Waals surface area contributed by atoms with E-state index in [0.717, 1.165) is 28.1 Å². The Labute approximate surface area is 193 Å².